The van der Waals surface area contributed by atoms with Crippen molar-refractivity contribution in [3.8, 4) is 0 Å². The molecule has 9 heteroatoms. The van der Waals surface area contributed by atoms with Gasteiger partial charge in [-0.3, -0.25) is 24.4 Å². The summed E-state index contributed by atoms with van der Waals surface area (Å²) in [5, 5.41) is 26.0. The second kappa shape index (κ2) is 6.82. The number of nitrogens with zero attached hydrogens (tertiary/aromatic N) is 3. The van der Waals surface area contributed by atoms with E-state index in [0.29, 0.717) is 12.1 Å². The van der Waals surface area contributed by atoms with Crippen LogP contribution in [0.5, 0.6) is 0 Å². The van der Waals surface area contributed by atoms with Crippen molar-refractivity contribution in [2.24, 2.45) is 0 Å². The smallest absolute Gasteiger partial charge is 0.312 e. The molecule has 1 atom stereocenters. The molecule has 21 heavy (non-hydrogen) atoms. The lowest BCUT2D eigenvalue weighted by atomic mass is 10.2. The fourth-order valence-electron chi connectivity index (χ4n) is 1.97. The molecular weight excluding hydrogens is 280 g/mol. The lowest BCUT2D eigenvalue weighted by Gasteiger charge is -2.13. The first kappa shape index (κ1) is 16.6. The molecule has 1 amide bonds. The Bertz CT molecular complexity index is 566. The van der Waals surface area contributed by atoms with Crippen molar-refractivity contribution >= 4 is 17.6 Å². The summed E-state index contributed by atoms with van der Waals surface area (Å²) in [6.07, 6.45) is 0.283. The second-order valence-corrected chi connectivity index (χ2v) is 4.84. The summed E-state index contributed by atoms with van der Waals surface area (Å²) in [6.45, 7) is 4.59. The summed E-state index contributed by atoms with van der Waals surface area (Å²) in [5.41, 5.74) is 0.469. The number of hydrogen-bond acceptors (Lipinski definition) is 5. The molecule has 0 aliphatic rings. The SMILES string of the molecule is Cc1nn(CC(=O)NC(C)CCC(=O)O)c(C)c1[N+](=O)[O-]. The van der Waals surface area contributed by atoms with Crippen LogP contribution in [0.2, 0.25) is 0 Å². The van der Waals surface area contributed by atoms with Crippen LogP contribution in [-0.2, 0) is 16.1 Å². The van der Waals surface area contributed by atoms with Gasteiger partial charge in [0.15, 0.2) is 0 Å². The zero-order valence-electron chi connectivity index (χ0n) is 12.1. The van der Waals surface area contributed by atoms with Crippen LogP contribution in [0.1, 0.15) is 31.2 Å². The molecule has 0 saturated carbocycles. The molecule has 1 aromatic rings. The first-order valence-corrected chi connectivity index (χ1v) is 6.42. The van der Waals surface area contributed by atoms with Gasteiger partial charge in [-0.05, 0) is 27.2 Å². The normalized spacial score (nSPS) is 12.0. The van der Waals surface area contributed by atoms with Gasteiger partial charge < -0.3 is 10.4 Å². The van der Waals surface area contributed by atoms with Crippen LogP contribution in [-0.4, -0.2) is 37.7 Å². The van der Waals surface area contributed by atoms with Crippen molar-refractivity contribution in [3.63, 3.8) is 0 Å². The minimum atomic E-state index is -0.926. The highest BCUT2D eigenvalue weighted by Crippen LogP contribution is 2.21. The van der Waals surface area contributed by atoms with Gasteiger partial charge in [0.05, 0.1) is 4.92 Å². The largest absolute Gasteiger partial charge is 0.481 e. The quantitative estimate of drug-likeness (QED) is 0.565. The van der Waals surface area contributed by atoms with Gasteiger partial charge in [-0.25, -0.2) is 0 Å². The fraction of sp³-hybridized carbons (Fsp3) is 0.583. The summed E-state index contributed by atoms with van der Waals surface area (Å²) >= 11 is 0. The number of nitro groups is 1. The average Bonchev–Trinajstić information content (AvgIpc) is 2.61. The highest BCUT2D eigenvalue weighted by Gasteiger charge is 2.23. The molecule has 1 aromatic heterocycles. The summed E-state index contributed by atoms with van der Waals surface area (Å²) in [6, 6.07) is -0.291. The van der Waals surface area contributed by atoms with E-state index in [0.717, 1.165) is 0 Å². The summed E-state index contributed by atoms with van der Waals surface area (Å²) in [4.78, 5) is 32.6. The van der Waals surface area contributed by atoms with Crippen LogP contribution in [0, 0.1) is 24.0 Å². The minimum Gasteiger partial charge on any atom is -0.481 e. The van der Waals surface area contributed by atoms with Gasteiger partial charge in [0, 0.05) is 12.5 Å². The van der Waals surface area contributed by atoms with E-state index in [9.17, 15) is 19.7 Å². The van der Waals surface area contributed by atoms with Gasteiger partial charge in [0.1, 0.15) is 17.9 Å². The molecule has 0 aromatic carbocycles. The molecule has 0 spiro atoms. The van der Waals surface area contributed by atoms with E-state index >= 15 is 0 Å². The Morgan fingerprint density at radius 3 is 2.57 bits per heavy atom. The van der Waals surface area contributed by atoms with Crippen LogP contribution < -0.4 is 5.32 Å². The number of rotatable bonds is 7. The third kappa shape index (κ3) is 4.55. The van der Waals surface area contributed by atoms with E-state index in [4.69, 9.17) is 5.11 Å². The highest BCUT2D eigenvalue weighted by molar-refractivity contribution is 5.76. The molecule has 0 bridgehead atoms. The molecule has 116 valence electrons. The van der Waals surface area contributed by atoms with Crippen molar-refractivity contribution in [2.75, 3.05) is 0 Å². The minimum absolute atomic E-state index is 0.0349. The third-order valence-electron chi connectivity index (χ3n) is 3.02. The molecule has 1 unspecified atom stereocenters. The fourth-order valence-corrected chi connectivity index (χ4v) is 1.97. The molecule has 1 heterocycles. The van der Waals surface area contributed by atoms with E-state index in [1.54, 1.807) is 6.92 Å². The van der Waals surface area contributed by atoms with Gasteiger partial charge in [0.2, 0.25) is 5.91 Å². The Balaban J connectivity index is 2.65. The van der Waals surface area contributed by atoms with Crippen molar-refractivity contribution in [3.05, 3.63) is 21.5 Å². The Morgan fingerprint density at radius 2 is 2.10 bits per heavy atom. The summed E-state index contributed by atoms with van der Waals surface area (Å²) < 4.78 is 1.27. The summed E-state index contributed by atoms with van der Waals surface area (Å²) in [5.74, 6) is -1.29. The van der Waals surface area contributed by atoms with Gasteiger partial charge in [-0.2, -0.15) is 5.10 Å². The molecule has 0 fully saturated rings. The van der Waals surface area contributed by atoms with Crippen LogP contribution in [0.4, 0.5) is 5.69 Å². The van der Waals surface area contributed by atoms with Crippen LogP contribution in [0.25, 0.3) is 0 Å². The molecule has 9 nitrogen and oxygen atoms in total. The first-order valence-electron chi connectivity index (χ1n) is 6.42. The number of carbonyl (C=O) groups is 2. The van der Waals surface area contributed by atoms with Crippen LogP contribution >= 0.6 is 0 Å². The molecule has 0 radical (unpaired) electrons. The van der Waals surface area contributed by atoms with E-state index in [2.05, 4.69) is 10.4 Å². The van der Waals surface area contributed by atoms with Crippen LogP contribution in [0.15, 0.2) is 0 Å². The van der Waals surface area contributed by atoms with Gasteiger partial charge in [0.25, 0.3) is 0 Å². The molecule has 0 saturated heterocycles. The van der Waals surface area contributed by atoms with E-state index in [-0.39, 0.29) is 36.3 Å². The standard InChI is InChI=1S/C12H18N4O5/c1-7(4-5-11(18)19)13-10(17)6-15-9(3)12(16(20)21)8(2)14-15/h7H,4-6H2,1-3H3,(H,13,17)(H,18,19). The van der Waals surface area contributed by atoms with Crippen molar-refractivity contribution in [2.45, 2.75) is 46.2 Å². The Kier molecular flexibility index (Phi) is 5.39. The maximum atomic E-state index is 11.8. The third-order valence-corrected chi connectivity index (χ3v) is 3.02. The zero-order chi connectivity index (χ0) is 16.2. The lowest BCUT2D eigenvalue weighted by molar-refractivity contribution is -0.386. The number of aromatic nitrogens is 2. The molecule has 1 rings (SSSR count). The molecule has 2 N–H and O–H groups in total. The van der Waals surface area contributed by atoms with E-state index in [1.807, 2.05) is 0 Å². The monoisotopic (exact) mass is 298 g/mol. The zero-order valence-corrected chi connectivity index (χ0v) is 12.1. The number of aryl methyl sites for hydroxylation is 1. The van der Waals surface area contributed by atoms with Crippen LogP contribution in [0.3, 0.4) is 0 Å². The Morgan fingerprint density at radius 1 is 1.48 bits per heavy atom. The van der Waals surface area contributed by atoms with Crippen molar-refractivity contribution in [1.82, 2.24) is 15.1 Å². The number of hydrogen-bond donors (Lipinski definition) is 2. The highest BCUT2D eigenvalue weighted by atomic mass is 16.6. The maximum Gasteiger partial charge on any atom is 0.312 e. The van der Waals surface area contributed by atoms with Crippen molar-refractivity contribution < 1.29 is 19.6 Å². The number of carboxylic acid groups (broad SMARTS) is 1. The van der Waals surface area contributed by atoms with E-state index < -0.39 is 10.9 Å². The predicted octanol–water partition coefficient (Wildman–Crippen LogP) is 0.778. The predicted molar refractivity (Wildman–Crippen MR) is 72.8 cm³/mol. The average molecular weight is 298 g/mol. The maximum absolute atomic E-state index is 11.8. The number of nitrogens with one attached hydrogen (secondary N) is 1. The van der Waals surface area contributed by atoms with Crippen molar-refractivity contribution in [1.29, 1.82) is 0 Å². The second-order valence-electron chi connectivity index (χ2n) is 4.84. The molecule has 0 aliphatic carbocycles. The van der Waals surface area contributed by atoms with Gasteiger partial charge >= 0.3 is 11.7 Å². The number of carboxylic acids is 1. The van der Waals surface area contributed by atoms with E-state index in [1.165, 1.54) is 18.5 Å². The first-order chi connectivity index (χ1) is 9.72. The van der Waals surface area contributed by atoms with Gasteiger partial charge in [-0.15, -0.1) is 0 Å². The Labute approximate surface area is 121 Å². The number of carbonyl (C=O) groups excluding carboxylic acids is 1. The number of amides is 1. The number of aliphatic carboxylic acids is 1. The summed E-state index contributed by atoms with van der Waals surface area (Å²) in [7, 11) is 0. The molecule has 0 aliphatic heterocycles. The Hall–Kier alpha value is -2.45. The topological polar surface area (TPSA) is 127 Å². The molecular formula is C12H18N4O5. The lowest BCUT2D eigenvalue weighted by Crippen LogP contribution is -2.35. The van der Waals surface area contributed by atoms with Gasteiger partial charge in [-0.1, -0.05) is 0 Å².